The minimum absolute atomic E-state index is 0.172. The molecule has 2 N–H and O–H groups in total. The summed E-state index contributed by atoms with van der Waals surface area (Å²) in [6, 6.07) is 9.22. The second-order valence-corrected chi connectivity index (χ2v) is 11.3. The number of hydrogen-bond acceptors (Lipinski definition) is 6. The molecule has 1 aliphatic heterocycles. The summed E-state index contributed by atoms with van der Waals surface area (Å²) in [5, 5.41) is 1.03. The van der Waals surface area contributed by atoms with Crippen LogP contribution >= 0.6 is 0 Å². The van der Waals surface area contributed by atoms with Crippen LogP contribution in [0.2, 0.25) is 0 Å². The standard InChI is InChI=1S/C30H32F2N8O2/c1-37-28-23(12-21-22(35-28)7-8-39(30(21)41)15-20(33)13-31)36-29(37)24-11-19-3-2-4-25(27(19)40(24)14-18-5-6-18)42-10-9-38-16-26(32)34-17-38/h2-4,11-12,16-18,20H,5-10,13-15,33H2,1H3/t20-/m1/s1. The highest BCUT2D eigenvalue weighted by Gasteiger charge is 2.30. The molecule has 12 heteroatoms. The van der Waals surface area contributed by atoms with Crippen LogP contribution in [0.25, 0.3) is 33.6 Å². The molecule has 0 radical (unpaired) electrons. The van der Waals surface area contributed by atoms with Crippen molar-refractivity contribution < 1.29 is 18.3 Å². The Labute approximate surface area is 240 Å². The normalized spacial score (nSPS) is 16.0. The topological polar surface area (TPSA) is 109 Å². The number of ether oxygens (including phenoxy) is 1. The Morgan fingerprint density at radius 2 is 2.07 bits per heavy atom. The largest absolute Gasteiger partial charge is 0.490 e. The number of carbonyl (C=O) groups is 1. The third-order valence-corrected chi connectivity index (χ3v) is 8.17. The molecule has 42 heavy (non-hydrogen) atoms. The average molecular weight is 575 g/mol. The molecule has 1 atom stereocenters. The number of amides is 1. The number of fused-ring (bicyclic) bond motifs is 3. The lowest BCUT2D eigenvalue weighted by molar-refractivity contribution is 0.0723. The lowest BCUT2D eigenvalue weighted by Crippen LogP contribution is -2.45. The van der Waals surface area contributed by atoms with Crippen molar-refractivity contribution in [3.63, 3.8) is 0 Å². The fourth-order valence-electron chi connectivity index (χ4n) is 5.83. The maximum atomic E-state index is 13.3. The Kier molecular flexibility index (Phi) is 6.64. The summed E-state index contributed by atoms with van der Waals surface area (Å²) in [7, 11) is 1.95. The Bertz CT molecular complexity index is 1800. The molecule has 1 saturated carbocycles. The molecule has 0 unspecified atom stereocenters. The van der Waals surface area contributed by atoms with Crippen molar-refractivity contribution in [2.24, 2.45) is 18.7 Å². The highest BCUT2D eigenvalue weighted by atomic mass is 19.1. The summed E-state index contributed by atoms with van der Waals surface area (Å²) in [5.74, 6) is 1.39. The van der Waals surface area contributed by atoms with Crippen molar-refractivity contribution >= 4 is 28.0 Å². The minimum atomic E-state index is -0.704. The van der Waals surface area contributed by atoms with Crippen molar-refractivity contribution in [3.05, 3.63) is 60.1 Å². The van der Waals surface area contributed by atoms with Crippen molar-refractivity contribution in [2.45, 2.75) is 38.4 Å². The van der Waals surface area contributed by atoms with E-state index in [9.17, 15) is 13.6 Å². The number of nitrogens with zero attached hydrogens (tertiary/aromatic N) is 7. The fraction of sp³-hybridized carbons (Fsp3) is 0.400. The molecule has 7 rings (SSSR count). The van der Waals surface area contributed by atoms with Crippen molar-refractivity contribution in [2.75, 3.05) is 26.4 Å². The van der Waals surface area contributed by atoms with Gasteiger partial charge in [0.05, 0.1) is 47.6 Å². The van der Waals surface area contributed by atoms with Crippen LogP contribution in [0.1, 0.15) is 28.9 Å². The summed E-state index contributed by atoms with van der Waals surface area (Å²) < 4.78 is 38.5. The number of aryl methyl sites for hydroxylation is 1. The van der Waals surface area contributed by atoms with Gasteiger partial charge >= 0.3 is 0 Å². The third kappa shape index (κ3) is 4.79. The number of para-hydroxylation sites is 1. The second-order valence-electron chi connectivity index (χ2n) is 11.3. The number of imidazole rings is 2. The van der Waals surface area contributed by atoms with E-state index in [1.54, 1.807) is 15.5 Å². The third-order valence-electron chi connectivity index (χ3n) is 8.17. The maximum absolute atomic E-state index is 13.3. The van der Waals surface area contributed by atoms with Crippen molar-refractivity contribution in [1.29, 1.82) is 0 Å². The van der Waals surface area contributed by atoms with E-state index in [1.807, 2.05) is 23.7 Å². The van der Waals surface area contributed by atoms with E-state index in [0.717, 1.165) is 40.4 Å². The Morgan fingerprint density at radius 1 is 1.21 bits per heavy atom. The number of benzene rings is 1. The van der Waals surface area contributed by atoms with Gasteiger partial charge in [0.25, 0.3) is 5.91 Å². The van der Waals surface area contributed by atoms with Crippen LogP contribution in [-0.4, -0.2) is 71.9 Å². The van der Waals surface area contributed by atoms with E-state index in [2.05, 4.69) is 21.7 Å². The Morgan fingerprint density at radius 3 is 2.83 bits per heavy atom. The summed E-state index contributed by atoms with van der Waals surface area (Å²) >= 11 is 0. The van der Waals surface area contributed by atoms with E-state index in [0.29, 0.717) is 48.8 Å². The quantitative estimate of drug-likeness (QED) is 0.273. The van der Waals surface area contributed by atoms with Crippen LogP contribution in [0.3, 0.4) is 0 Å². The van der Waals surface area contributed by atoms with Crippen LogP contribution in [0, 0.1) is 11.9 Å². The van der Waals surface area contributed by atoms with Gasteiger partial charge in [-0.1, -0.05) is 12.1 Å². The average Bonchev–Trinajstić information content (AvgIpc) is 3.47. The van der Waals surface area contributed by atoms with E-state index < -0.39 is 18.7 Å². The molecule has 2 aliphatic rings. The first-order valence-electron chi connectivity index (χ1n) is 14.3. The summed E-state index contributed by atoms with van der Waals surface area (Å²) in [6.07, 6.45) is 5.73. The molecule has 1 amide bonds. The fourth-order valence-corrected chi connectivity index (χ4v) is 5.83. The first kappa shape index (κ1) is 26.6. The number of rotatable bonds is 10. The number of nitrogens with two attached hydrogens (primary N) is 1. The number of carbonyl (C=O) groups excluding carboxylic acids is 1. The van der Waals surface area contributed by atoms with Gasteiger partial charge in [-0.05, 0) is 37.0 Å². The highest BCUT2D eigenvalue weighted by molar-refractivity contribution is 5.99. The molecule has 5 heterocycles. The smallest absolute Gasteiger partial charge is 0.255 e. The van der Waals surface area contributed by atoms with E-state index in [-0.39, 0.29) is 12.5 Å². The van der Waals surface area contributed by atoms with Gasteiger partial charge in [0.2, 0.25) is 5.95 Å². The molecule has 10 nitrogen and oxygen atoms in total. The molecule has 0 bridgehead atoms. The summed E-state index contributed by atoms with van der Waals surface area (Å²) in [4.78, 5) is 28.3. The number of halogens is 2. The summed E-state index contributed by atoms with van der Waals surface area (Å²) in [6.45, 7) is 1.62. The van der Waals surface area contributed by atoms with E-state index in [1.165, 1.54) is 25.4 Å². The molecule has 1 fully saturated rings. The second kappa shape index (κ2) is 10.5. The Balaban J connectivity index is 1.26. The van der Waals surface area contributed by atoms with Gasteiger partial charge in [-0.3, -0.25) is 4.79 Å². The molecule has 218 valence electrons. The van der Waals surface area contributed by atoms with Crippen molar-refractivity contribution in [3.8, 4) is 17.3 Å². The molecule has 4 aromatic heterocycles. The SMILES string of the molecule is Cn1c(-c2cc3cccc(OCCn4cnc(F)c4)c3n2CC2CC2)nc2cc3c(nc21)CCN(C[C@H](N)CF)C3=O. The summed E-state index contributed by atoms with van der Waals surface area (Å²) in [5.41, 5.74) is 10.3. The molecule has 1 aromatic carbocycles. The first-order chi connectivity index (χ1) is 20.4. The van der Waals surface area contributed by atoms with Gasteiger partial charge in [-0.25, -0.2) is 19.3 Å². The zero-order chi connectivity index (χ0) is 29.0. The lowest BCUT2D eigenvalue weighted by atomic mass is 10.0. The number of alkyl halides is 1. The molecule has 0 spiro atoms. The molecular formula is C30H32F2N8O2. The van der Waals surface area contributed by atoms with Crippen LogP contribution in [-0.2, 0) is 26.6 Å². The van der Waals surface area contributed by atoms with Gasteiger partial charge in [-0.15, -0.1) is 0 Å². The Hall–Kier alpha value is -4.32. The van der Waals surface area contributed by atoms with E-state index in [4.69, 9.17) is 20.4 Å². The van der Waals surface area contributed by atoms with Gasteiger partial charge in [0.1, 0.15) is 24.5 Å². The number of pyridine rings is 1. The van der Waals surface area contributed by atoms with Crippen molar-refractivity contribution in [1.82, 2.24) is 33.6 Å². The maximum Gasteiger partial charge on any atom is 0.255 e. The molecular weight excluding hydrogens is 542 g/mol. The van der Waals surface area contributed by atoms with E-state index >= 15 is 0 Å². The molecule has 0 saturated heterocycles. The molecule has 5 aromatic rings. The zero-order valence-corrected chi connectivity index (χ0v) is 23.3. The predicted molar refractivity (Wildman–Crippen MR) is 153 cm³/mol. The van der Waals surface area contributed by atoms with Crippen LogP contribution < -0.4 is 10.5 Å². The molecule has 1 aliphatic carbocycles. The van der Waals surface area contributed by atoms with Gasteiger partial charge in [0.15, 0.2) is 11.5 Å². The van der Waals surface area contributed by atoms with Crippen LogP contribution in [0.5, 0.6) is 5.75 Å². The zero-order valence-electron chi connectivity index (χ0n) is 23.3. The van der Waals surface area contributed by atoms with Gasteiger partial charge in [-0.2, -0.15) is 4.39 Å². The number of aromatic nitrogens is 6. The lowest BCUT2D eigenvalue weighted by Gasteiger charge is -2.29. The van der Waals surface area contributed by atoms with Crippen LogP contribution in [0.4, 0.5) is 8.78 Å². The monoisotopic (exact) mass is 574 g/mol. The van der Waals surface area contributed by atoms with Crippen LogP contribution in [0.15, 0.2) is 42.9 Å². The number of hydrogen-bond donors (Lipinski definition) is 1. The van der Waals surface area contributed by atoms with Gasteiger partial charge in [0, 0.05) is 38.5 Å². The predicted octanol–water partition coefficient (Wildman–Crippen LogP) is 3.71. The highest BCUT2D eigenvalue weighted by Crippen LogP contribution is 2.39. The first-order valence-corrected chi connectivity index (χ1v) is 14.3. The minimum Gasteiger partial charge on any atom is -0.490 e. The van der Waals surface area contributed by atoms with Gasteiger partial charge < -0.3 is 29.1 Å².